The van der Waals surface area contributed by atoms with Gasteiger partial charge in [-0.1, -0.05) is 38.1 Å². The fraction of sp³-hybridized carbons (Fsp3) is 0.647. The highest BCUT2D eigenvalue weighted by atomic mass is 15.1. The molecule has 1 fully saturated rings. The summed E-state index contributed by atoms with van der Waals surface area (Å²) < 4.78 is 0. The average molecular weight is 260 g/mol. The van der Waals surface area contributed by atoms with Gasteiger partial charge in [-0.25, -0.2) is 0 Å². The molecule has 2 rings (SSSR count). The van der Waals surface area contributed by atoms with Crippen molar-refractivity contribution >= 4 is 0 Å². The molecule has 2 nitrogen and oxygen atoms in total. The summed E-state index contributed by atoms with van der Waals surface area (Å²) in [4.78, 5) is 2.57. The first-order chi connectivity index (χ1) is 9.19. The average Bonchev–Trinajstić information content (AvgIpc) is 2.91. The summed E-state index contributed by atoms with van der Waals surface area (Å²) in [5, 5.41) is 0. The number of nitrogens with zero attached hydrogens (tertiary/aromatic N) is 1. The van der Waals surface area contributed by atoms with E-state index in [4.69, 9.17) is 5.73 Å². The van der Waals surface area contributed by atoms with Crippen LogP contribution in [0.25, 0.3) is 0 Å². The number of hydrogen-bond acceptors (Lipinski definition) is 2. The van der Waals surface area contributed by atoms with Crippen LogP contribution in [-0.2, 0) is 6.42 Å². The number of hydrogen-bond donors (Lipinski definition) is 1. The molecule has 0 aliphatic carbocycles. The zero-order valence-corrected chi connectivity index (χ0v) is 12.4. The lowest BCUT2D eigenvalue weighted by Crippen LogP contribution is -2.32. The van der Waals surface area contributed by atoms with Crippen LogP contribution in [0.4, 0.5) is 0 Å². The van der Waals surface area contributed by atoms with Gasteiger partial charge in [-0.15, -0.1) is 0 Å². The number of benzene rings is 1. The lowest BCUT2D eigenvalue weighted by Gasteiger charge is -2.22. The van der Waals surface area contributed by atoms with E-state index in [0.717, 1.165) is 13.0 Å². The topological polar surface area (TPSA) is 29.3 Å². The fourth-order valence-corrected chi connectivity index (χ4v) is 2.92. The molecule has 2 heteroatoms. The third-order valence-electron chi connectivity index (χ3n) is 4.22. The minimum Gasteiger partial charge on any atom is -0.330 e. The maximum atomic E-state index is 5.95. The van der Waals surface area contributed by atoms with Crippen molar-refractivity contribution in [1.29, 1.82) is 0 Å². The molecule has 0 amide bonds. The fourth-order valence-electron chi connectivity index (χ4n) is 2.92. The molecule has 1 aromatic carbocycles. The summed E-state index contributed by atoms with van der Waals surface area (Å²) in [6, 6.07) is 9.09. The normalized spacial score (nSPS) is 18.1. The minimum absolute atomic E-state index is 0.600. The van der Waals surface area contributed by atoms with Crippen LogP contribution in [0.1, 0.15) is 43.7 Å². The second-order valence-corrected chi connectivity index (χ2v) is 6.21. The summed E-state index contributed by atoms with van der Waals surface area (Å²) in [5.41, 5.74) is 8.80. The van der Waals surface area contributed by atoms with Gasteiger partial charge in [-0.2, -0.15) is 0 Å². The first-order valence-corrected chi connectivity index (χ1v) is 7.70. The van der Waals surface area contributed by atoms with Crippen molar-refractivity contribution in [2.45, 2.75) is 39.0 Å². The van der Waals surface area contributed by atoms with E-state index in [1.54, 1.807) is 0 Å². The SMILES string of the molecule is CC(C)c1ccc(CC(CN)CN2CCCC2)cc1. The molecule has 1 heterocycles. The predicted octanol–water partition coefficient (Wildman–Crippen LogP) is 3.02. The summed E-state index contributed by atoms with van der Waals surface area (Å²) in [6.45, 7) is 8.98. The van der Waals surface area contributed by atoms with Crippen LogP contribution in [0.5, 0.6) is 0 Å². The van der Waals surface area contributed by atoms with Crippen molar-refractivity contribution in [2.24, 2.45) is 11.7 Å². The summed E-state index contributed by atoms with van der Waals surface area (Å²) in [5.74, 6) is 1.21. The second kappa shape index (κ2) is 7.06. The lowest BCUT2D eigenvalue weighted by atomic mass is 9.96. The summed E-state index contributed by atoms with van der Waals surface area (Å²) >= 11 is 0. The van der Waals surface area contributed by atoms with Gasteiger partial charge in [-0.3, -0.25) is 0 Å². The Balaban J connectivity index is 1.89. The molecule has 1 aliphatic heterocycles. The molecule has 0 radical (unpaired) electrons. The van der Waals surface area contributed by atoms with Gasteiger partial charge in [0.1, 0.15) is 0 Å². The van der Waals surface area contributed by atoms with Gasteiger partial charge in [0.15, 0.2) is 0 Å². The van der Waals surface area contributed by atoms with E-state index < -0.39 is 0 Å². The molecule has 0 aromatic heterocycles. The summed E-state index contributed by atoms with van der Waals surface area (Å²) in [6.07, 6.45) is 3.84. The Kier molecular flexibility index (Phi) is 5.41. The van der Waals surface area contributed by atoms with Crippen LogP contribution < -0.4 is 5.73 Å². The van der Waals surface area contributed by atoms with Crippen molar-refractivity contribution in [2.75, 3.05) is 26.2 Å². The Morgan fingerprint density at radius 3 is 2.26 bits per heavy atom. The highest BCUT2D eigenvalue weighted by molar-refractivity contribution is 5.25. The van der Waals surface area contributed by atoms with Gasteiger partial charge < -0.3 is 10.6 Å². The molecule has 0 spiro atoms. The van der Waals surface area contributed by atoms with Crippen molar-refractivity contribution in [1.82, 2.24) is 4.90 Å². The van der Waals surface area contributed by atoms with E-state index in [1.807, 2.05) is 0 Å². The van der Waals surface area contributed by atoms with Gasteiger partial charge in [0, 0.05) is 6.54 Å². The summed E-state index contributed by atoms with van der Waals surface area (Å²) in [7, 11) is 0. The molecule has 0 bridgehead atoms. The molecular formula is C17H28N2. The minimum atomic E-state index is 0.600. The molecule has 1 aliphatic rings. The van der Waals surface area contributed by atoms with E-state index in [9.17, 15) is 0 Å². The Hall–Kier alpha value is -0.860. The predicted molar refractivity (Wildman–Crippen MR) is 82.5 cm³/mol. The third kappa shape index (κ3) is 4.32. The standard InChI is InChI=1S/C17H28N2/c1-14(2)17-7-5-15(6-8-17)11-16(12-18)13-19-9-3-4-10-19/h5-8,14,16H,3-4,9-13,18H2,1-2H3. The largest absolute Gasteiger partial charge is 0.330 e. The monoisotopic (exact) mass is 260 g/mol. The maximum Gasteiger partial charge on any atom is 0.00249 e. The molecule has 1 aromatic rings. The number of likely N-dealkylation sites (tertiary alicyclic amines) is 1. The van der Waals surface area contributed by atoms with Crippen LogP contribution in [0.15, 0.2) is 24.3 Å². The van der Waals surface area contributed by atoms with Crippen molar-refractivity contribution < 1.29 is 0 Å². The van der Waals surface area contributed by atoms with Crippen LogP contribution >= 0.6 is 0 Å². The Labute approximate surface area is 118 Å². The van der Waals surface area contributed by atoms with Gasteiger partial charge in [0.05, 0.1) is 0 Å². The molecule has 2 N–H and O–H groups in total. The highest BCUT2D eigenvalue weighted by Crippen LogP contribution is 2.18. The Morgan fingerprint density at radius 1 is 1.11 bits per heavy atom. The highest BCUT2D eigenvalue weighted by Gasteiger charge is 2.16. The third-order valence-corrected chi connectivity index (χ3v) is 4.22. The van der Waals surface area contributed by atoms with Gasteiger partial charge in [-0.05, 0) is 61.9 Å². The van der Waals surface area contributed by atoms with Crippen LogP contribution in [0.2, 0.25) is 0 Å². The zero-order chi connectivity index (χ0) is 13.7. The zero-order valence-electron chi connectivity index (χ0n) is 12.4. The molecule has 1 saturated heterocycles. The van der Waals surface area contributed by atoms with E-state index >= 15 is 0 Å². The Bertz CT molecular complexity index is 363. The lowest BCUT2D eigenvalue weighted by molar-refractivity contribution is 0.279. The van der Waals surface area contributed by atoms with Crippen LogP contribution in [-0.4, -0.2) is 31.1 Å². The Morgan fingerprint density at radius 2 is 1.74 bits per heavy atom. The van der Waals surface area contributed by atoms with Gasteiger partial charge in [0.2, 0.25) is 0 Å². The first-order valence-electron chi connectivity index (χ1n) is 7.70. The number of nitrogens with two attached hydrogens (primary N) is 1. The number of rotatable bonds is 6. The van der Waals surface area contributed by atoms with Crippen molar-refractivity contribution in [3.8, 4) is 0 Å². The van der Waals surface area contributed by atoms with Gasteiger partial charge >= 0.3 is 0 Å². The molecule has 1 atom stereocenters. The van der Waals surface area contributed by atoms with E-state index in [0.29, 0.717) is 11.8 Å². The molecular weight excluding hydrogens is 232 g/mol. The second-order valence-electron chi connectivity index (χ2n) is 6.21. The van der Waals surface area contributed by atoms with E-state index in [2.05, 4.69) is 43.0 Å². The van der Waals surface area contributed by atoms with Crippen molar-refractivity contribution in [3.63, 3.8) is 0 Å². The van der Waals surface area contributed by atoms with Gasteiger partial charge in [0.25, 0.3) is 0 Å². The van der Waals surface area contributed by atoms with Crippen LogP contribution in [0, 0.1) is 5.92 Å². The maximum absolute atomic E-state index is 5.95. The molecule has 19 heavy (non-hydrogen) atoms. The van der Waals surface area contributed by atoms with E-state index in [-0.39, 0.29) is 0 Å². The molecule has 106 valence electrons. The first kappa shape index (κ1) is 14.5. The molecule has 0 saturated carbocycles. The van der Waals surface area contributed by atoms with E-state index in [1.165, 1.54) is 43.6 Å². The molecule has 1 unspecified atom stereocenters. The van der Waals surface area contributed by atoms with Crippen molar-refractivity contribution in [3.05, 3.63) is 35.4 Å². The quantitative estimate of drug-likeness (QED) is 0.852. The van der Waals surface area contributed by atoms with Crippen LogP contribution in [0.3, 0.4) is 0 Å². The smallest absolute Gasteiger partial charge is 0.00249 e.